The number of ether oxygens (including phenoxy) is 2. The topological polar surface area (TPSA) is 85.0 Å². The second-order valence-electron chi connectivity index (χ2n) is 10.8. The number of nitrogens with zero attached hydrogens (tertiary/aromatic N) is 3. The van der Waals surface area contributed by atoms with Gasteiger partial charge in [0.1, 0.15) is 35.8 Å². The van der Waals surface area contributed by atoms with E-state index in [4.69, 9.17) is 15.2 Å². The molecular weight excluding hydrogens is 509 g/mol. The van der Waals surface area contributed by atoms with Crippen LogP contribution in [0.3, 0.4) is 0 Å². The number of methoxy groups -OCH3 is 1. The summed E-state index contributed by atoms with van der Waals surface area (Å²) < 4.78 is 28.0. The van der Waals surface area contributed by atoms with Crippen molar-refractivity contribution in [3.8, 4) is 11.5 Å². The number of benzene rings is 3. The van der Waals surface area contributed by atoms with Crippen LogP contribution < -0.4 is 25.4 Å². The van der Waals surface area contributed by atoms with Gasteiger partial charge in [0.25, 0.3) is 5.91 Å². The van der Waals surface area contributed by atoms with E-state index >= 15 is 0 Å². The van der Waals surface area contributed by atoms with Gasteiger partial charge in [0.05, 0.1) is 30.6 Å². The second kappa shape index (κ2) is 9.75. The van der Waals surface area contributed by atoms with Crippen molar-refractivity contribution in [2.75, 3.05) is 43.6 Å². The number of rotatable bonds is 5. The number of hydrogen-bond donors (Lipinski definition) is 2. The summed E-state index contributed by atoms with van der Waals surface area (Å²) in [6, 6.07) is 18.8. The Bertz CT molecular complexity index is 1600. The largest absolute Gasteiger partial charge is 0.497 e. The molecule has 40 heavy (non-hydrogen) atoms. The third-order valence-electron chi connectivity index (χ3n) is 8.23. The molecule has 3 N–H and O–H groups in total. The maximum Gasteiger partial charge on any atom is 0.254 e. The molecule has 1 aromatic heterocycles. The molecule has 0 bridgehead atoms. The van der Waals surface area contributed by atoms with Gasteiger partial charge in [0, 0.05) is 36.6 Å². The Morgan fingerprint density at radius 2 is 1.98 bits per heavy atom. The lowest BCUT2D eigenvalue weighted by molar-refractivity contribution is 0.0708. The maximum atomic E-state index is 14.4. The zero-order valence-electron chi connectivity index (χ0n) is 22.4. The second-order valence-corrected chi connectivity index (χ2v) is 10.8. The molecule has 1 fully saturated rings. The normalized spacial score (nSPS) is 19.8. The van der Waals surface area contributed by atoms with E-state index in [9.17, 15) is 9.18 Å². The number of carbonyl (C=O) groups is 1. The van der Waals surface area contributed by atoms with Gasteiger partial charge in [0.2, 0.25) is 0 Å². The molecular formula is C31H32FN5O3. The number of halogens is 1. The first-order chi connectivity index (χ1) is 19.5. The van der Waals surface area contributed by atoms with Crippen LogP contribution in [-0.2, 0) is 6.54 Å². The Morgan fingerprint density at radius 1 is 1.12 bits per heavy atom. The van der Waals surface area contributed by atoms with Crippen LogP contribution in [0.25, 0.3) is 10.9 Å². The zero-order chi connectivity index (χ0) is 27.4. The minimum Gasteiger partial charge on any atom is -0.497 e. The Morgan fingerprint density at radius 3 is 2.77 bits per heavy atom. The van der Waals surface area contributed by atoms with E-state index in [1.165, 1.54) is 6.07 Å². The molecule has 8 nitrogen and oxygen atoms in total. The van der Waals surface area contributed by atoms with E-state index in [0.717, 1.165) is 52.1 Å². The fourth-order valence-corrected chi connectivity index (χ4v) is 6.27. The Kier molecular flexibility index (Phi) is 6.04. The van der Waals surface area contributed by atoms with E-state index in [2.05, 4.69) is 20.9 Å². The lowest BCUT2D eigenvalue weighted by Crippen LogP contribution is -2.45. The molecule has 1 unspecified atom stereocenters. The number of likely N-dealkylation sites (tertiary alicyclic amines) is 1. The molecule has 3 aromatic carbocycles. The average molecular weight is 542 g/mol. The third-order valence-corrected chi connectivity index (χ3v) is 8.23. The van der Waals surface area contributed by atoms with Crippen LogP contribution in [0, 0.1) is 5.82 Å². The van der Waals surface area contributed by atoms with Crippen molar-refractivity contribution >= 4 is 28.2 Å². The Labute approximate surface area is 232 Å². The molecule has 3 aliphatic heterocycles. The fourth-order valence-electron chi connectivity index (χ4n) is 6.27. The highest BCUT2D eigenvalue weighted by Gasteiger charge is 2.38. The van der Waals surface area contributed by atoms with Crippen molar-refractivity contribution in [2.45, 2.75) is 31.6 Å². The predicted molar refractivity (Wildman–Crippen MR) is 153 cm³/mol. The Balaban J connectivity index is 1.27. The highest BCUT2D eigenvalue weighted by Crippen LogP contribution is 2.50. The summed E-state index contributed by atoms with van der Waals surface area (Å²) in [5.74, 6) is 1.19. The molecule has 0 radical (unpaired) electrons. The molecule has 3 aliphatic rings. The number of piperidine rings is 1. The highest BCUT2D eigenvalue weighted by atomic mass is 19.1. The van der Waals surface area contributed by atoms with Crippen LogP contribution in [0.4, 0.5) is 15.8 Å². The van der Waals surface area contributed by atoms with Crippen molar-refractivity contribution in [3.63, 3.8) is 0 Å². The number of aromatic nitrogens is 1. The SMILES string of the molecule is COc1ccc(Cn2c([C@@H]3Nc4cc(C(=O)N5CCCC(N)C5)cc5c4N3CCO5)cc3ccc(F)cc32)cc1. The van der Waals surface area contributed by atoms with Crippen LogP contribution in [-0.4, -0.2) is 54.8 Å². The summed E-state index contributed by atoms with van der Waals surface area (Å²) in [4.78, 5) is 17.6. The zero-order valence-corrected chi connectivity index (χ0v) is 22.4. The monoisotopic (exact) mass is 541 g/mol. The van der Waals surface area contributed by atoms with Crippen LogP contribution >= 0.6 is 0 Å². The van der Waals surface area contributed by atoms with Gasteiger partial charge in [-0.3, -0.25) is 4.79 Å². The summed E-state index contributed by atoms with van der Waals surface area (Å²) in [5, 5.41) is 4.64. The number of nitrogens with one attached hydrogen (secondary N) is 1. The summed E-state index contributed by atoms with van der Waals surface area (Å²) in [5.41, 5.74) is 11.5. The molecule has 4 aromatic rings. The van der Waals surface area contributed by atoms with Gasteiger partial charge in [0.15, 0.2) is 0 Å². The van der Waals surface area contributed by atoms with Crippen LogP contribution in [0.1, 0.15) is 40.6 Å². The molecule has 0 spiro atoms. The fraction of sp³-hybridized carbons (Fsp3) is 0.323. The minimum absolute atomic E-state index is 0.0113. The summed E-state index contributed by atoms with van der Waals surface area (Å²) in [7, 11) is 1.65. The van der Waals surface area contributed by atoms with Crippen LogP contribution in [0.5, 0.6) is 11.5 Å². The van der Waals surface area contributed by atoms with E-state index in [-0.39, 0.29) is 23.9 Å². The first-order valence-electron chi connectivity index (χ1n) is 13.8. The molecule has 0 aliphatic carbocycles. The molecule has 9 heteroatoms. The number of nitrogens with two attached hydrogens (primary N) is 1. The van der Waals surface area contributed by atoms with Gasteiger partial charge >= 0.3 is 0 Å². The maximum absolute atomic E-state index is 14.4. The van der Waals surface area contributed by atoms with E-state index in [1.807, 2.05) is 47.4 Å². The number of hydrogen-bond acceptors (Lipinski definition) is 6. The van der Waals surface area contributed by atoms with E-state index in [0.29, 0.717) is 44.1 Å². The standard InChI is InChI=1S/C31H32FN5O3/c1-39-24-8-4-19(5-9-24)17-37-26-16-22(32)7-6-20(26)14-27(37)30-34-25-13-21(15-28-29(25)36(30)11-12-40-28)31(38)35-10-2-3-23(33)18-35/h4-9,13-16,23,30,34H,2-3,10-12,17-18,33H2,1H3/t23?,30-/m1/s1. The van der Waals surface area contributed by atoms with Gasteiger partial charge in [-0.1, -0.05) is 12.1 Å². The predicted octanol–water partition coefficient (Wildman–Crippen LogP) is 4.72. The van der Waals surface area contributed by atoms with Gasteiger partial charge in [-0.05, 0) is 66.9 Å². The first-order valence-corrected chi connectivity index (χ1v) is 13.8. The lowest BCUT2D eigenvalue weighted by atomic mass is 10.0. The molecule has 1 amide bonds. The van der Waals surface area contributed by atoms with Crippen molar-refractivity contribution in [1.29, 1.82) is 0 Å². The lowest BCUT2D eigenvalue weighted by Gasteiger charge is -2.33. The molecule has 7 rings (SSSR count). The van der Waals surface area contributed by atoms with Crippen molar-refractivity contribution in [3.05, 3.63) is 83.3 Å². The first kappa shape index (κ1) is 24.8. The van der Waals surface area contributed by atoms with Crippen molar-refractivity contribution in [1.82, 2.24) is 9.47 Å². The Hall–Kier alpha value is -4.24. The molecule has 4 heterocycles. The molecule has 1 saturated heterocycles. The van der Waals surface area contributed by atoms with E-state index in [1.54, 1.807) is 13.2 Å². The summed E-state index contributed by atoms with van der Waals surface area (Å²) >= 11 is 0. The quantitative estimate of drug-likeness (QED) is 0.380. The van der Waals surface area contributed by atoms with Crippen molar-refractivity contribution in [2.24, 2.45) is 5.73 Å². The van der Waals surface area contributed by atoms with Gasteiger partial charge in [-0.25, -0.2) is 4.39 Å². The smallest absolute Gasteiger partial charge is 0.254 e. The van der Waals surface area contributed by atoms with Crippen LogP contribution in [0.2, 0.25) is 0 Å². The number of anilines is 2. The summed E-state index contributed by atoms with van der Waals surface area (Å²) in [6.07, 6.45) is 1.64. The number of amides is 1. The average Bonchev–Trinajstić information content (AvgIpc) is 3.52. The number of fused-ring (bicyclic) bond motifs is 1. The molecule has 2 atom stereocenters. The number of carbonyl (C=O) groups excluding carboxylic acids is 1. The third kappa shape index (κ3) is 4.21. The molecule has 0 saturated carbocycles. The molecule has 206 valence electrons. The van der Waals surface area contributed by atoms with Crippen LogP contribution in [0.15, 0.2) is 60.7 Å². The minimum atomic E-state index is -0.273. The van der Waals surface area contributed by atoms with Crippen molar-refractivity contribution < 1.29 is 18.7 Å². The van der Waals surface area contributed by atoms with E-state index < -0.39 is 0 Å². The van der Waals surface area contributed by atoms with Gasteiger partial charge in [-0.15, -0.1) is 0 Å². The van der Waals surface area contributed by atoms with Gasteiger partial charge in [-0.2, -0.15) is 0 Å². The highest BCUT2D eigenvalue weighted by molar-refractivity contribution is 5.99. The summed E-state index contributed by atoms with van der Waals surface area (Å²) in [6.45, 7) is 3.03. The van der Waals surface area contributed by atoms with Gasteiger partial charge < -0.3 is 34.9 Å².